The highest BCUT2D eigenvalue weighted by molar-refractivity contribution is 6.31. The van der Waals surface area contributed by atoms with Crippen molar-refractivity contribution in [2.45, 2.75) is 0 Å². The average molecular weight is 332 g/mol. The third-order valence-electron chi connectivity index (χ3n) is 3.01. The van der Waals surface area contributed by atoms with Crippen molar-refractivity contribution < 1.29 is 9.72 Å². The Bertz CT molecular complexity index is 891. The smallest absolute Gasteiger partial charge is 0.324 e. The zero-order valence-electron chi connectivity index (χ0n) is 11.5. The highest BCUT2D eigenvalue weighted by atomic mass is 35.5. The molecule has 3 aromatic rings. The summed E-state index contributed by atoms with van der Waals surface area (Å²) in [5.74, 6) is 0.265. The molecule has 1 aromatic heterocycles. The first kappa shape index (κ1) is 14.8. The Hall–Kier alpha value is -3.13. The van der Waals surface area contributed by atoms with Gasteiger partial charge in [-0.05, 0) is 30.3 Å². The van der Waals surface area contributed by atoms with Crippen molar-refractivity contribution in [3.05, 3.63) is 57.6 Å². The van der Waals surface area contributed by atoms with Crippen LogP contribution in [0.5, 0.6) is 0 Å². The van der Waals surface area contributed by atoms with Gasteiger partial charge in [-0.3, -0.25) is 15.4 Å². The normalized spacial score (nSPS) is 10.5. The van der Waals surface area contributed by atoms with Crippen LogP contribution in [0.4, 0.5) is 22.1 Å². The van der Waals surface area contributed by atoms with E-state index >= 15 is 0 Å². The number of urea groups is 1. The van der Waals surface area contributed by atoms with Crippen molar-refractivity contribution in [1.82, 2.24) is 9.97 Å². The molecule has 9 heteroatoms. The van der Waals surface area contributed by atoms with E-state index in [2.05, 4.69) is 20.6 Å². The van der Waals surface area contributed by atoms with E-state index in [1.54, 1.807) is 18.2 Å². The lowest BCUT2D eigenvalue weighted by Crippen LogP contribution is -2.20. The number of aromatic nitrogens is 2. The Morgan fingerprint density at radius 1 is 1.17 bits per heavy atom. The number of hydrogen-bond donors (Lipinski definition) is 3. The molecule has 0 fully saturated rings. The van der Waals surface area contributed by atoms with Gasteiger partial charge in [0.05, 0.1) is 16.0 Å². The average Bonchev–Trinajstić information content (AvgIpc) is 2.88. The molecule has 0 radical (unpaired) electrons. The summed E-state index contributed by atoms with van der Waals surface area (Å²) in [5, 5.41) is 16.2. The second-order valence-electron chi connectivity index (χ2n) is 4.63. The Morgan fingerprint density at radius 2 is 1.91 bits per heavy atom. The highest BCUT2D eigenvalue weighted by Crippen LogP contribution is 2.19. The number of nitro groups is 1. The molecule has 2 aromatic carbocycles. The van der Waals surface area contributed by atoms with Crippen LogP contribution < -0.4 is 10.6 Å². The fourth-order valence-corrected chi connectivity index (χ4v) is 2.15. The number of rotatable bonds is 3. The van der Waals surface area contributed by atoms with Crippen LogP contribution in [0.15, 0.2) is 42.5 Å². The first-order chi connectivity index (χ1) is 11.0. The highest BCUT2D eigenvalue weighted by Gasteiger charge is 2.09. The van der Waals surface area contributed by atoms with Gasteiger partial charge in [0.1, 0.15) is 0 Å². The maximum Gasteiger partial charge on any atom is 0.326 e. The maximum atomic E-state index is 11.9. The lowest BCUT2D eigenvalue weighted by molar-refractivity contribution is -0.384. The van der Waals surface area contributed by atoms with Crippen LogP contribution in [-0.4, -0.2) is 20.9 Å². The minimum atomic E-state index is -0.524. The summed E-state index contributed by atoms with van der Waals surface area (Å²) in [5.41, 5.74) is 1.74. The van der Waals surface area contributed by atoms with Gasteiger partial charge in [-0.15, -0.1) is 0 Å². The van der Waals surface area contributed by atoms with Gasteiger partial charge in [0, 0.05) is 22.8 Å². The molecule has 0 aliphatic heterocycles. The van der Waals surface area contributed by atoms with E-state index in [4.69, 9.17) is 11.6 Å². The number of halogens is 1. The number of carbonyl (C=O) groups is 1. The minimum Gasteiger partial charge on any atom is -0.324 e. The predicted octanol–water partition coefficient (Wildman–Crippen LogP) is 3.77. The van der Waals surface area contributed by atoms with Gasteiger partial charge in [0.25, 0.3) is 5.69 Å². The number of carbonyl (C=O) groups excluding carboxylic acids is 1. The van der Waals surface area contributed by atoms with Crippen LogP contribution in [0.2, 0.25) is 5.02 Å². The molecule has 1 heterocycles. The SMILES string of the molecule is O=C(Nc1ccc([N+](=O)[O-])cc1)Nc1nc2ccc(Cl)cc2[nH]1. The number of fused-ring (bicyclic) bond motifs is 1. The van der Waals surface area contributed by atoms with Crippen molar-refractivity contribution in [2.24, 2.45) is 0 Å². The van der Waals surface area contributed by atoms with E-state index in [9.17, 15) is 14.9 Å². The fraction of sp³-hybridized carbons (Fsp3) is 0. The van der Waals surface area contributed by atoms with Gasteiger partial charge in [-0.1, -0.05) is 11.6 Å². The Balaban J connectivity index is 1.69. The van der Waals surface area contributed by atoms with Crippen molar-refractivity contribution in [3.63, 3.8) is 0 Å². The Kier molecular flexibility index (Phi) is 3.82. The summed E-state index contributed by atoms with van der Waals surface area (Å²) in [6.07, 6.45) is 0. The molecule has 23 heavy (non-hydrogen) atoms. The summed E-state index contributed by atoms with van der Waals surface area (Å²) < 4.78 is 0. The van der Waals surface area contributed by atoms with Crippen LogP contribution in [0.1, 0.15) is 0 Å². The third-order valence-corrected chi connectivity index (χ3v) is 3.25. The quantitative estimate of drug-likeness (QED) is 0.500. The van der Waals surface area contributed by atoms with Crippen LogP contribution in [0.25, 0.3) is 11.0 Å². The zero-order chi connectivity index (χ0) is 16.4. The van der Waals surface area contributed by atoms with E-state index in [-0.39, 0.29) is 11.6 Å². The van der Waals surface area contributed by atoms with Gasteiger partial charge in [0.2, 0.25) is 5.95 Å². The van der Waals surface area contributed by atoms with E-state index in [0.717, 1.165) is 0 Å². The van der Waals surface area contributed by atoms with E-state index in [1.165, 1.54) is 24.3 Å². The van der Waals surface area contributed by atoms with Crippen molar-refractivity contribution in [3.8, 4) is 0 Å². The molecule has 0 spiro atoms. The topological polar surface area (TPSA) is 113 Å². The molecule has 0 saturated carbocycles. The van der Waals surface area contributed by atoms with E-state index < -0.39 is 11.0 Å². The fourth-order valence-electron chi connectivity index (χ4n) is 1.98. The first-order valence-electron chi connectivity index (χ1n) is 6.49. The number of nitrogens with one attached hydrogen (secondary N) is 3. The third kappa shape index (κ3) is 3.38. The number of H-pyrrole nitrogens is 1. The molecule has 0 saturated heterocycles. The second kappa shape index (κ2) is 5.93. The number of amides is 2. The molecule has 0 unspecified atom stereocenters. The summed E-state index contributed by atoms with van der Waals surface area (Å²) in [4.78, 5) is 29.1. The molecular formula is C14H10ClN5O3. The van der Waals surface area contributed by atoms with Gasteiger partial charge >= 0.3 is 6.03 Å². The lowest BCUT2D eigenvalue weighted by Gasteiger charge is -2.04. The van der Waals surface area contributed by atoms with Crippen molar-refractivity contribution in [2.75, 3.05) is 10.6 Å². The van der Waals surface area contributed by atoms with Crippen molar-refractivity contribution in [1.29, 1.82) is 0 Å². The standard InChI is InChI=1S/C14H10ClN5O3/c15-8-1-6-11-12(7-8)18-13(17-11)19-14(21)16-9-2-4-10(5-3-9)20(22)23/h1-7H,(H3,16,17,18,19,21). The molecule has 0 aliphatic carbocycles. The summed E-state index contributed by atoms with van der Waals surface area (Å²) in [6.45, 7) is 0. The number of nitrogens with zero attached hydrogens (tertiary/aromatic N) is 2. The summed E-state index contributed by atoms with van der Waals surface area (Å²) >= 11 is 5.88. The second-order valence-corrected chi connectivity index (χ2v) is 5.07. The number of imidazole rings is 1. The van der Waals surface area contributed by atoms with Gasteiger partial charge in [0.15, 0.2) is 0 Å². The zero-order valence-corrected chi connectivity index (χ0v) is 12.3. The van der Waals surface area contributed by atoms with E-state index in [1.807, 2.05) is 0 Å². The first-order valence-corrected chi connectivity index (χ1v) is 6.87. The van der Waals surface area contributed by atoms with Crippen LogP contribution >= 0.6 is 11.6 Å². The molecule has 0 aliphatic rings. The van der Waals surface area contributed by atoms with Crippen molar-refractivity contribution >= 4 is 46.0 Å². The number of nitro benzene ring substituents is 1. The molecule has 116 valence electrons. The number of benzene rings is 2. The van der Waals surface area contributed by atoms with Gasteiger partial charge < -0.3 is 10.3 Å². The van der Waals surface area contributed by atoms with Gasteiger partial charge in [-0.25, -0.2) is 9.78 Å². The number of hydrogen-bond acceptors (Lipinski definition) is 4. The van der Waals surface area contributed by atoms with Crippen LogP contribution in [0, 0.1) is 10.1 Å². The Labute approximate surface area is 134 Å². The monoisotopic (exact) mass is 331 g/mol. The van der Waals surface area contributed by atoms with Crippen LogP contribution in [0.3, 0.4) is 0 Å². The molecule has 0 bridgehead atoms. The maximum absolute atomic E-state index is 11.9. The lowest BCUT2D eigenvalue weighted by atomic mass is 10.3. The molecule has 0 atom stereocenters. The largest absolute Gasteiger partial charge is 0.326 e. The molecule has 2 amide bonds. The van der Waals surface area contributed by atoms with E-state index in [0.29, 0.717) is 21.7 Å². The molecule has 8 nitrogen and oxygen atoms in total. The van der Waals surface area contributed by atoms with Crippen LogP contribution in [-0.2, 0) is 0 Å². The number of non-ortho nitro benzene ring substituents is 1. The predicted molar refractivity (Wildman–Crippen MR) is 86.8 cm³/mol. The summed E-state index contributed by atoms with van der Waals surface area (Å²) in [7, 11) is 0. The number of aromatic amines is 1. The van der Waals surface area contributed by atoms with Gasteiger partial charge in [-0.2, -0.15) is 0 Å². The molecule has 3 rings (SSSR count). The Morgan fingerprint density at radius 3 is 2.61 bits per heavy atom. The molecular weight excluding hydrogens is 322 g/mol. The molecule has 3 N–H and O–H groups in total. The summed E-state index contributed by atoms with van der Waals surface area (Å²) in [6, 6.07) is 10.1. The minimum absolute atomic E-state index is 0.0508. The number of anilines is 2.